The molecular weight excluding hydrogens is 609 g/mol. The molecule has 16 heteroatoms. The van der Waals surface area contributed by atoms with Crippen molar-refractivity contribution in [1.29, 1.82) is 0 Å². The van der Waals surface area contributed by atoms with Crippen LogP contribution >= 0.6 is 11.6 Å². The molecule has 0 aliphatic rings. The number of rotatable bonds is 7. The lowest BCUT2D eigenvalue weighted by Crippen LogP contribution is -2.47. The van der Waals surface area contributed by atoms with Gasteiger partial charge < -0.3 is 18.9 Å². The average molecular weight is 626 g/mol. The molecule has 4 rings (SSSR count). The zero-order valence-electron chi connectivity index (χ0n) is 22.2. The van der Waals surface area contributed by atoms with Gasteiger partial charge in [-0.05, 0) is 30.3 Å². The normalized spacial score (nSPS) is 10.4. The molecular formula is C28H17ClFN3O11. The molecule has 0 saturated carbocycles. The van der Waals surface area contributed by atoms with Crippen LogP contribution in [0.3, 0.4) is 0 Å². The second kappa shape index (κ2) is 13.3. The lowest BCUT2D eigenvalue weighted by Gasteiger charge is -2.10. The molecule has 14 nitrogen and oxygen atoms in total. The van der Waals surface area contributed by atoms with Gasteiger partial charge in [0.05, 0.1) is 23.5 Å². The van der Waals surface area contributed by atoms with Gasteiger partial charge in [-0.3, -0.25) is 14.4 Å². The Bertz CT molecular complexity index is 1920. The number of esters is 3. The molecule has 0 unspecified atom stereocenters. The second-order valence-electron chi connectivity index (χ2n) is 8.42. The predicted octanol–water partition coefficient (Wildman–Crippen LogP) is 2.83. The van der Waals surface area contributed by atoms with Crippen LogP contribution in [0.15, 0.2) is 82.6 Å². The third-order valence-electron chi connectivity index (χ3n) is 5.44. The third-order valence-corrected chi connectivity index (χ3v) is 5.73. The average Bonchev–Trinajstić information content (AvgIpc) is 3.00. The summed E-state index contributed by atoms with van der Waals surface area (Å²) in [6.45, 7) is 0.0777. The van der Waals surface area contributed by atoms with Crippen LogP contribution in [0, 0.1) is 5.82 Å². The highest BCUT2D eigenvalue weighted by atomic mass is 35.5. The molecule has 0 atom stereocenters. The lowest BCUT2D eigenvalue weighted by molar-refractivity contribution is -0.149. The van der Waals surface area contributed by atoms with Gasteiger partial charge in [-0.1, -0.05) is 35.9 Å². The number of ether oxygens (including phenoxy) is 4. The van der Waals surface area contributed by atoms with E-state index in [9.17, 15) is 38.0 Å². The van der Waals surface area contributed by atoms with Crippen LogP contribution in [0.2, 0.25) is 5.02 Å². The summed E-state index contributed by atoms with van der Waals surface area (Å²) in [4.78, 5) is 90.3. The number of hydrogen-bond donors (Lipinski definition) is 0. The number of pyridine rings is 1. The minimum atomic E-state index is -1.69. The van der Waals surface area contributed by atoms with Crippen molar-refractivity contribution in [2.75, 3.05) is 6.79 Å². The van der Waals surface area contributed by atoms with Gasteiger partial charge in [0.2, 0.25) is 18.5 Å². The van der Waals surface area contributed by atoms with Crippen LogP contribution in [0.25, 0.3) is 0 Å². The standard InChI is InChI=1S/C28H17ClFN3O11/c1-15(34)41-14-42-28(40)32-13-20(30)24(36)33(27(32)39)23(35)17-8-5-9-18(10-17)26(38)44-22-11-21(19(29)12-31-22)43-25(37)16-6-3-2-4-7-16/h2-13H,14H2,1H3. The number of hydrogen-bond acceptors (Lipinski definition) is 12. The zero-order valence-corrected chi connectivity index (χ0v) is 23.0. The van der Waals surface area contributed by atoms with Gasteiger partial charge in [0.15, 0.2) is 5.75 Å². The Hall–Kier alpha value is -5.96. The maximum atomic E-state index is 14.3. The summed E-state index contributed by atoms with van der Waals surface area (Å²) in [7, 11) is 0. The molecule has 0 radical (unpaired) electrons. The summed E-state index contributed by atoms with van der Waals surface area (Å²) in [5.74, 6) is -6.24. The number of halogens is 2. The quantitative estimate of drug-likeness (QED) is 0.217. The van der Waals surface area contributed by atoms with Crippen molar-refractivity contribution in [3.05, 3.63) is 121 Å². The van der Waals surface area contributed by atoms with E-state index in [4.69, 9.17) is 21.1 Å². The summed E-state index contributed by atoms with van der Waals surface area (Å²) in [5, 5.41) is -0.0666. The minimum Gasteiger partial charge on any atom is -0.428 e. The molecule has 2 heterocycles. The van der Waals surface area contributed by atoms with Crippen LogP contribution in [0.5, 0.6) is 11.6 Å². The molecule has 0 saturated heterocycles. The molecule has 0 fully saturated rings. The maximum Gasteiger partial charge on any atom is 0.425 e. The monoisotopic (exact) mass is 625 g/mol. The Labute approximate surface area is 249 Å². The minimum absolute atomic E-state index is 0.0232. The zero-order chi connectivity index (χ0) is 32.0. The van der Waals surface area contributed by atoms with E-state index in [0.29, 0.717) is 0 Å². The SMILES string of the molecule is CC(=O)OCOC(=O)n1cc(F)c(=O)n(C(=O)c2cccc(C(=O)Oc3cc(OC(=O)c4ccccc4)c(Cl)cn3)c2)c1=O. The smallest absolute Gasteiger partial charge is 0.425 e. The molecule has 0 spiro atoms. The topological polar surface area (TPSA) is 179 Å². The van der Waals surface area contributed by atoms with E-state index in [2.05, 4.69) is 14.5 Å². The fraction of sp³-hybridized carbons (Fsp3) is 0.0714. The van der Waals surface area contributed by atoms with Crippen molar-refractivity contribution in [2.45, 2.75) is 6.92 Å². The van der Waals surface area contributed by atoms with Crippen molar-refractivity contribution < 1.29 is 47.3 Å². The van der Waals surface area contributed by atoms with Crippen LogP contribution in [0.1, 0.15) is 38.0 Å². The molecule has 0 aliphatic carbocycles. The first-order valence-electron chi connectivity index (χ1n) is 12.1. The summed E-state index contributed by atoms with van der Waals surface area (Å²) in [5.41, 5.74) is -3.81. The Balaban J connectivity index is 1.56. The van der Waals surface area contributed by atoms with E-state index in [1.165, 1.54) is 24.3 Å². The fourth-order valence-electron chi connectivity index (χ4n) is 3.40. The van der Waals surface area contributed by atoms with E-state index in [-0.39, 0.29) is 43.1 Å². The molecule has 0 N–H and O–H groups in total. The number of carbonyl (C=O) groups excluding carboxylic acids is 5. The highest BCUT2D eigenvalue weighted by Gasteiger charge is 2.24. The van der Waals surface area contributed by atoms with Crippen molar-refractivity contribution >= 4 is 41.5 Å². The van der Waals surface area contributed by atoms with Crippen molar-refractivity contribution in [1.82, 2.24) is 14.1 Å². The molecule has 0 amide bonds. The molecule has 0 bridgehead atoms. The number of benzene rings is 2. The summed E-state index contributed by atoms with van der Waals surface area (Å²) in [6.07, 6.45) is -0.294. The Morgan fingerprint density at radius 2 is 1.52 bits per heavy atom. The first-order valence-corrected chi connectivity index (χ1v) is 12.5. The van der Waals surface area contributed by atoms with Gasteiger partial charge in [-0.25, -0.2) is 24.2 Å². The van der Waals surface area contributed by atoms with E-state index in [0.717, 1.165) is 31.3 Å². The fourth-order valence-corrected chi connectivity index (χ4v) is 3.54. The Kier molecular flexibility index (Phi) is 9.40. The van der Waals surface area contributed by atoms with Gasteiger partial charge in [0, 0.05) is 18.6 Å². The highest BCUT2D eigenvalue weighted by Crippen LogP contribution is 2.28. The summed E-state index contributed by atoms with van der Waals surface area (Å²) in [6, 6.07) is 13.5. The molecule has 224 valence electrons. The summed E-state index contributed by atoms with van der Waals surface area (Å²) >= 11 is 6.05. The maximum absolute atomic E-state index is 14.3. The van der Waals surface area contributed by atoms with E-state index in [1.807, 2.05) is 0 Å². The number of aromatic nitrogens is 3. The van der Waals surface area contributed by atoms with Crippen LogP contribution < -0.4 is 20.7 Å². The molecule has 2 aromatic heterocycles. The molecule has 0 aliphatic heterocycles. The highest BCUT2D eigenvalue weighted by molar-refractivity contribution is 6.32. The number of carbonyl (C=O) groups is 5. The first-order chi connectivity index (χ1) is 21.0. The van der Waals surface area contributed by atoms with Gasteiger partial charge in [0.25, 0.3) is 11.5 Å². The summed E-state index contributed by atoms with van der Waals surface area (Å²) < 4.78 is 33.5. The number of nitrogens with zero attached hydrogens (tertiary/aromatic N) is 3. The van der Waals surface area contributed by atoms with E-state index < -0.39 is 59.3 Å². The molecule has 4 aromatic rings. The lowest BCUT2D eigenvalue weighted by atomic mass is 10.1. The Morgan fingerprint density at radius 1 is 0.864 bits per heavy atom. The van der Waals surface area contributed by atoms with Gasteiger partial charge in [-0.15, -0.1) is 0 Å². The van der Waals surface area contributed by atoms with Gasteiger partial charge >= 0.3 is 29.7 Å². The van der Waals surface area contributed by atoms with Crippen LogP contribution in [-0.2, 0) is 14.3 Å². The molecule has 2 aromatic carbocycles. The Morgan fingerprint density at radius 3 is 2.23 bits per heavy atom. The predicted molar refractivity (Wildman–Crippen MR) is 145 cm³/mol. The third kappa shape index (κ3) is 7.08. The molecule has 44 heavy (non-hydrogen) atoms. The second-order valence-corrected chi connectivity index (χ2v) is 8.83. The van der Waals surface area contributed by atoms with Crippen LogP contribution in [0.4, 0.5) is 9.18 Å². The first kappa shape index (κ1) is 31.0. The van der Waals surface area contributed by atoms with Crippen molar-refractivity contribution in [3.8, 4) is 11.6 Å². The van der Waals surface area contributed by atoms with Crippen molar-refractivity contribution in [3.63, 3.8) is 0 Å². The largest absolute Gasteiger partial charge is 0.428 e. The van der Waals surface area contributed by atoms with E-state index in [1.54, 1.807) is 18.2 Å². The van der Waals surface area contributed by atoms with Crippen LogP contribution in [-0.4, -0.2) is 50.8 Å². The van der Waals surface area contributed by atoms with Crippen molar-refractivity contribution in [2.24, 2.45) is 0 Å². The van der Waals surface area contributed by atoms with Gasteiger partial charge in [-0.2, -0.15) is 13.5 Å². The van der Waals surface area contributed by atoms with Gasteiger partial charge in [0.1, 0.15) is 5.02 Å². The van der Waals surface area contributed by atoms with E-state index >= 15 is 0 Å².